The van der Waals surface area contributed by atoms with Gasteiger partial charge in [0, 0.05) is 16.3 Å². The van der Waals surface area contributed by atoms with E-state index >= 15 is 0 Å². The summed E-state index contributed by atoms with van der Waals surface area (Å²) in [4.78, 5) is 3.14. The van der Waals surface area contributed by atoms with Gasteiger partial charge in [-0.05, 0) is 17.7 Å². The molecule has 0 aliphatic carbocycles. The third-order valence-electron chi connectivity index (χ3n) is 2.56. The number of aliphatic imine (C=N–C) groups is 1. The van der Waals surface area contributed by atoms with Crippen molar-refractivity contribution < 1.29 is 27.1 Å². The molecule has 9 heteroatoms. The van der Waals surface area contributed by atoms with Gasteiger partial charge >= 0.3 is 0 Å². The molecule has 116 valence electrons. The van der Waals surface area contributed by atoms with Crippen LogP contribution in [0.15, 0.2) is 17.1 Å². The Balaban J connectivity index is 2.57. The molecule has 0 N–H and O–H groups in total. The highest BCUT2D eigenvalue weighted by Gasteiger charge is 2.25. The van der Waals surface area contributed by atoms with Gasteiger partial charge in [0.1, 0.15) is 5.69 Å². The Labute approximate surface area is 130 Å². The Morgan fingerprint density at radius 2 is 1.36 bits per heavy atom. The van der Waals surface area contributed by atoms with Gasteiger partial charge in [0.25, 0.3) is 0 Å². The van der Waals surface area contributed by atoms with E-state index < -0.39 is 40.5 Å². The van der Waals surface area contributed by atoms with E-state index in [9.17, 15) is 27.1 Å². The van der Waals surface area contributed by atoms with Gasteiger partial charge in [0.2, 0.25) is 5.82 Å². The molecule has 0 atom stereocenters. The molecular formula is C13H3Cl2F5NO-. The van der Waals surface area contributed by atoms with Crippen LogP contribution < -0.4 is 5.11 Å². The summed E-state index contributed by atoms with van der Waals surface area (Å²) >= 11 is 11.2. The summed E-state index contributed by atoms with van der Waals surface area (Å²) in [6.07, 6.45) is 0.609. The van der Waals surface area contributed by atoms with Gasteiger partial charge in [-0.1, -0.05) is 29.0 Å². The molecule has 0 heterocycles. The van der Waals surface area contributed by atoms with Crippen LogP contribution in [0.4, 0.5) is 27.6 Å². The lowest BCUT2D eigenvalue weighted by Crippen LogP contribution is -2.01. The summed E-state index contributed by atoms with van der Waals surface area (Å²) in [6, 6.07) is 2.20. The zero-order chi connectivity index (χ0) is 16.6. The minimum absolute atomic E-state index is 0.0310. The Kier molecular flexibility index (Phi) is 4.58. The molecule has 2 aromatic carbocycles. The topological polar surface area (TPSA) is 35.4 Å². The zero-order valence-electron chi connectivity index (χ0n) is 10.2. The van der Waals surface area contributed by atoms with Gasteiger partial charge < -0.3 is 5.11 Å². The average Bonchev–Trinajstić information content (AvgIpc) is 2.47. The van der Waals surface area contributed by atoms with Crippen LogP contribution in [0.2, 0.25) is 10.0 Å². The first kappa shape index (κ1) is 16.5. The highest BCUT2D eigenvalue weighted by Crippen LogP contribution is 2.31. The van der Waals surface area contributed by atoms with Crippen LogP contribution in [-0.4, -0.2) is 6.21 Å². The maximum absolute atomic E-state index is 13.4. The number of hydrogen-bond donors (Lipinski definition) is 0. The third-order valence-corrected chi connectivity index (χ3v) is 3.06. The van der Waals surface area contributed by atoms with Crippen molar-refractivity contribution in [3.8, 4) is 5.75 Å². The molecule has 0 radical (unpaired) electrons. The maximum atomic E-state index is 13.4. The molecule has 2 rings (SSSR count). The van der Waals surface area contributed by atoms with Crippen molar-refractivity contribution in [2.75, 3.05) is 0 Å². The fourth-order valence-electron chi connectivity index (χ4n) is 1.52. The SMILES string of the molecule is [O-]c1c(Cl)cc(Cl)cc1C=Nc1c(F)c(F)c(F)c(F)c1F. The second-order valence-electron chi connectivity index (χ2n) is 3.98. The first-order chi connectivity index (χ1) is 10.2. The van der Waals surface area contributed by atoms with Crippen molar-refractivity contribution in [1.29, 1.82) is 0 Å². The predicted molar refractivity (Wildman–Crippen MR) is 69.4 cm³/mol. The second-order valence-corrected chi connectivity index (χ2v) is 4.83. The Morgan fingerprint density at radius 1 is 0.864 bits per heavy atom. The first-order valence-corrected chi connectivity index (χ1v) is 6.21. The van der Waals surface area contributed by atoms with Crippen LogP contribution in [0.1, 0.15) is 5.56 Å². The number of nitrogens with zero attached hydrogens (tertiary/aromatic N) is 1. The number of hydrogen-bond acceptors (Lipinski definition) is 2. The second kappa shape index (κ2) is 6.10. The van der Waals surface area contributed by atoms with Crippen molar-refractivity contribution in [1.82, 2.24) is 0 Å². The number of benzene rings is 2. The van der Waals surface area contributed by atoms with E-state index in [1.54, 1.807) is 0 Å². The molecule has 0 unspecified atom stereocenters. The highest BCUT2D eigenvalue weighted by atomic mass is 35.5. The van der Waals surface area contributed by atoms with Crippen molar-refractivity contribution >= 4 is 35.1 Å². The Morgan fingerprint density at radius 3 is 1.91 bits per heavy atom. The van der Waals surface area contributed by atoms with Gasteiger partial charge in [-0.3, -0.25) is 0 Å². The fourth-order valence-corrected chi connectivity index (χ4v) is 2.03. The van der Waals surface area contributed by atoms with Crippen LogP contribution in [0.25, 0.3) is 0 Å². The molecule has 0 amide bonds. The fraction of sp³-hybridized carbons (Fsp3) is 0. The van der Waals surface area contributed by atoms with E-state index in [1.807, 2.05) is 0 Å². The molecule has 22 heavy (non-hydrogen) atoms. The van der Waals surface area contributed by atoms with E-state index in [1.165, 1.54) is 0 Å². The van der Waals surface area contributed by atoms with E-state index in [-0.39, 0.29) is 15.6 Å². The Bertz CT molecular complexity index is 766. The summed E-state index contributed by atoms with van der Waals surface area (Å²) in [5.41, 5.74) is -1.70. The molecule has 2 aromatic rings. The molecule has 0 saturated carbocycles. The molecule has 0 bridgehead atoms. The summed E-state index contributed by atoms with van der Waals surface area (Å²) in [7, 11) is 0. The minimum Gasteiger partial charge on any atom is -0.871 e. The van der Waals surface area contributed by atoms with Crippen molar-refractivity contribution in [3.63, 3.8) is 0 Å². The van der Waals surface area contributed by atoms with Crippen molar-refractivity contribution in [2.45, 2.75) is 0 Å². The van der Waals surface area contributed by atoms with Crippen molar-refractivity contribution in [3.05, 3.63) is 56.8 Å². The van der Waals surface area contributed by atoms with Crippen LogP contribution in [-0.2, 0) is 0 Å². The zero-order valence-corrected chi connectivity index (χ0v) is 11.7. The van der Waals surface area contributed by atoms with E-state index in [0.717, 1.165) is 12.1 Å². The van der Waals surface area contributed by atoms with Gasteiger partial charge in [-0.25, -0.2) is 26.9 Å². The average molecular weight is 355 g/mol. The van der Waals surface area contributed by atoms with Gasteiger partial charge in [0.15, 0.2) is 23.3 Å². The van der Waals surface area contributed by atoms with Crippen LogP contribution >= 0.6 is 23.2 Å². The summed E-state index contributed by atoms with van der Waals surface area (Å²) in [5, 5.41) is 11.4. The molecule has 0 aromatic heterocycles. The Hall–Kier alpha value is -1.86. The summed E-state index contributed by atoms with van der Waals surface area (Å²) in [6.45, 7) is 0. The quantitative estimate of drug-likeness (QED) is 0.338. The third kappa shape index (κ3) is 2.86. The largest absolute Gasteiger partial charge is 0.871 e. The van der Waals surface area contributed by atoms with Crippen LogP contribution in [0.5, 0.6) is 5.75 Å². The standard InChI is InChI=1S/C13H4Cl2F5NO/c14-5-1-4(13(22)6(15)2-5)3-21-12-10(19)8(17)7(16)9(18)11(12)20/h1-3,22H/p-1. The lowest BCUT2D eigenvalue weighted by Gasteiger charge is -2.12. The minimum atomic E-state index is -2.30. The molecule has 0 spiro atoms. The maximum Gasteiger partial charge on any atom is 0.200 e. The van der Waals surface area contributed by atoms with Crippen LogP contribution in [0.3, 0.4) is 0 Å². The van der Waals surface area contributed by atoms with Crippen molar-refractivity contribution in [2.24, 2.45) is 4.99 Å². The summed E-state index contributed by atoms with van der Waals surface area (Å²) in [5.74, 6) is -11.6. The lowest BCUT2D eigenvalue weighted by molar-refractivity contribution is -0.268. The highest BCUT2D eigenvalue weighted by molar-refractivity contribution is 6.36. The smallest absolute Gasteiger partial charge is 0.200 e. The monoisotopic (exact) mass is 354 g/mol. The molecular weight excluding hydrogens is 352 g/mol. The molecule has 0 fully saturated rings. The summed E-state index contributed by atoms with van der Waals surface area (Å²) < 4.78 is 65.7. The molecule has 0 aliphatic heterocycles. The number of halogens is 7. The first-order valence-electron chi connectivity index (χ1n) is 5.45. The lowest BCUT2D eigenvalue weighted by atomic mass is 10.2. The molecule has 2 nitrogen and oxygen atoms in total. The van der Waals surface area contributed by atoms with Gasteiger partial charge in [-0.15, -0.1) is 0 Å². The van der Waals surface area contributed by atoms with Crippen LogP contribution in [0, 0.1) is 29.1 Å². The number of rotatable bonds is 2. The molecule has 0 aliphatic rings. The molecule has 0 saturated heterocycles. The predicted octanol–water partition coefficient (Wildman–Crippen LogP) is 4.51. The van der Waals surface area contributed by atoms with E-state index in [2.05, 4.69) is 4.99 Å². The van der Waals surface area contributed by atoms with Gasteiger partial charge in [-0.2, -0.15) is 0 Å². The normalized spacial score (nSPS) is 11.4. The van der Waals surface area contributed by atoms with E-state index in [4.69, 9.17) is 23.2 Å². The van der Waals surface area contributed by atoms with Gasteiger partial charge in [0.05, 0.1) is 0 Å². The van der Waals surface area contributed by atoms with E-state index in [0.29, 0.717) is 6.21 Å².